The smallest absolute Gasteiger partial charge is 0.247 e. The fourth-order valence-corrected chi connectivity index (χ4v) is 4.32. The summed E-state index contributed by atoms with van der Waals surface area (Å²) >= 11 is 6.15. The van der Waals surface area contributed by atoms with Crippen LogP contribution in [-0.4, -0.2) is 43.5 Å². The first kappa shape index (κ1) is 19.9. The molecule has 1 fully saturated rings. The van der Waals surface area contributed by atoms with E-state index in [1.807, 2.05) is 18.2 Å². The monoisotopic (exact) mass is 407 g/mol. The second kappa shape index (κ2) is 8.95. The van der Waals surface area contributed by atoms with Crippen LogP contribution < -0.4 is 10.6 Å². The van der Waals surface area contributed by atoms with E-state index in [1.165, 1.54) is 33.9 Å². The number of fused-ring (bicyclic) bond motifs is 1. The van der Waals surface area contributed by atoms with Gasteiger partial charge < -0.3 is 10.6 Å². The molecule has 0 spiro atoms. The minimum Gasteiger partial charge on any atom is -0.323 e. The van der Waals surface area contributed by atoms with Gasteiger partial charge in [0.2, 0.25) is 5.91 Å². The highest BCUT2D eigenvalue weighted by atomic mass is 35.5. The summed E-state index contributed by atoms with van der Waals surface area (Å²) in [5.41, 5.74) is 7.31. The molecule has 29 heavy (non-hydrogen) atoms. The molecule has 1 amide bonds. The molecule has 2 aromatic carbocycles. The van der Waals surface area contributed by atoms with E-state index < -0.39 is 0 Å². The summed E-state index contributed by atoms with van der Waals surface area (Å²) in [4.78, 5) is 14.2. The number of benzene rings is 2. The second-order valence-electron chi connectivity index (χ2n) is 7.58. The van der Waals surface area contributed by atoms with E-state index in [9.17, 15) is 4.79 Å². The van der Waals surface area contributed by atoms with Gasteiger partial charge in [0, 0.05) is 43.4 Å². The van der Waals surface area contributed by atoms with Crippen LogP contribution in [0.15, 0.2) is 60.7 Å². The van der Waals surface area contributed by atoms with Crippen LogP contribution in [0.3, 0.4) is 0 Å². The molecule has 1 heterocycles. The molecule has 2 aromatic rings. The third kappa shape index (κ3) is 4.61. The van der Waals surface area contributed by atoms with Crippen molar-refractivity contribution < 1.29 is 4.79 Å². The molecular formula is C24H26ClN3O. The van der Waals surface area contributed by atoms with Crippen molar-refractivity contribution in [2.75, 3.05) is 38.0 Å². The van der Waals surface area contributed by atoms with Gasteiger partial charge in [0.15, 0.2) is 0 Å². The fourth-order valence-electron chi connectivity index (χ4n) is 4.19. The average Bonchev–Trinajstić information content (AvgIpc) is 2.75. The van der Waals surface area contributed by atoms with Crippen molar-refractivity contribution in [1.29, 1.82) is 0 Å². The average molecular weight is 408 g/mol. The maximum atomic E-state index is 11.7. The molecule has 0 atom stereocenters. The number of halogens is 1. The lowest BCUT2D eigenvalue weighted by atomic mass is 9.81. The Labute approximate surface area is 177 Å². The summed E-state index contributed by atoms with van der Waals surface area (Å²) in [6.07, 6.45) is 3.30. The Hall–Kier alpha value is -2.40. The zero-order valence-corrected chi connectivity index (χ0v) is 17.3. The van der Waals surface area contributed by atoms with Crippen molar-refractivity contribution in [1.82, 2.24) is 10.2 Å². The molecule has 2 aliphatic rings. The van der Waals surface area contributed by atoms with Crippen LogP contribution in [-0.2, 0) is 11.2 Å². The molecular weight excluding hydrogens is 382 g/mol. The molecule has 1 aliphatic heterocycles. The van der Waals surface area contributed by atoms with Crippen LogP contribution in [0.1, 0.15) is 23.1 Å². The first-order valence-corrected chi connectivity index (χ1v) is 10.5. The van der Waals surface area contributed by atoms with E-state index in [1.54, 1.807) is 0 Å². The molecule has 4 nitrogen and oxygen atoms in total. The van der Waals surface area contributed by atoms with Crippen LogP contribution in [0, 0.1) is 0 Å². The number of piperazine rings is 1. The third-order valence-corrected chi connectivity index (χ3v) is 5.89. The first-order chi connectivity index (χ1) is 14.1. The lowest BCUT2D eigenvalue weighted by Gasteiger charge is -2.32. The second-order valence-corrected chi connectivity index (χ2v) is 8.01. The zero-order valence-electron chi connectivity index (χ0n) is 16.5. The van der Waals surface area contributed by atoms with E-state index in [0.717, 1.165) is 56.3 Å². The highest BCUT2D eigenvalue weighted by molar-refractivity contribution is 6.30. The van der Waals surface area contributed by atoms with Crippen LogP contribution >= 0.6 is 11.6 Å². The van der Waals surface area contributed by atoms with Crippen LogP contribution in [0.2, 0.25) is 5.02 Å². The highest BCUT2D eigenvalue weighted by Crippen LogP contribution is 2.38. The number of carbonyl (C=O) groups excluding carboxylic acids is 1. The Morgan fingerprint density at radius 3 is 2.62 bits per heavy atom. The Morgan fingerprint density at radius 2 is 1.90 bits per heavy atom. The Bertz CT molecular complexity index is 943. The Morgan fingerprint density at radius 1 is 1.14 bits per heavy atom. The van der Waals surface area contributed by atoms with Gasteiger partial charge in [0.1, 0.15) is 0 Å². The van der Waals surface area contributed by atoms with E-state index in [0.29, 0.717) is 0 Å². The van der Waals surface area contributed by atoms with E-state index in [4.69, 9.17) is 11.6 Å². The maximum absolute atomic E-state index is 11.7. The van der Waals surface area contributed by atoms with E-state index >= 15 is 0 Å². The predicted molar refractivity (Wildman–Crippen MR) is 120 cm³/mol. The standard InChI is InChI=1S/C24H26ClN3O/c1-2-23(29)27-21-9-10-22-18(15-21)3-4-19(16-28-13-11-26-12-14-28)24(22)17-5-7-20(25)8-6-17/h2,5-10,15,26H,1,3-4,11-14,16H2,(H,27,29). The molecule has 0 unspecified atom stereocenters. The lowest BCUT2D eigenvalue weighted by Crippen LogP contribution is -2.44. The number of hydrogen-bond donors (Lipinski definition) is 2. The molecule has 0 bridgehead atoms. The number of carbonyl (C=O) groups is 1. The van der Waals surface area contributed by atoms with Gasteiger partial charge in [-0.15, -0.1) is 0 Å². The number of hydrogen-bond acceptors (Lipinski definition) is 3. The summed E-state index contributed by atoms with van der Waals surface area (Å²) in [5.74, 6) is -0.186. The predicted octanol–water partition coefficient (Wildman–Crippen LogP) is 4.12. The topological polar surface area (TPSA) is 44.4 Å². The normalized spacial score (nSPS) is 17.0. The summed E-state index contributed by atoms with van der Waals surface area (Å²) in [6, 6.07) is 14.3. The highest BCUT2D eigenvalue weighted by Gasteiger charge is 2.23. The van der Waals surface area contributed by atoms with Gasteiger partial charge in [-0.1, -0.05) is 36.4 Å². The summed E-state index contributed by atoms with van der Waals surface area (Å²) in [6.45, 7) is 8.78. The molecule has 0 radical (unpaired) electrons. The van der Waals surface area contributed by atoms with Gasteiger partial charge in [-0.05, 0) is 71.0 Å². The number of rotatable bonds is 5. The van der Waals surface area contributed by atoms with Crippen molar-refractivity contribution >= 4 is 28.8 Å². The molecule has 0 aromatic heterocycles. The van der Waals surface area contributed by atoms with Gasteiger partial charge in [-0.2, -0.15) is 0 Å². The third-order valence-electron chi connectivity index (χ3n) is 5.63. The Balaban J connectivity index is 1.73. The molecule has 1 aliphatic carbocycles. The molecule has 0 saturated carbocycles. The molecule has 4 rings (SSSR count). The number of anilines is 1. The van der Waals surface area contributed by atoms with E-state index in [-0.39, 0.29) is 5.91 Å². The number of aryl methyl sites for hydroxylation is 1. The van der Waals surface area contributed by atoms with Crippen LogP contribution in [0.5, 0.6) is 0 Å². The van der Waals surface area contributed by atoms with Crippen LogP contribution in [0.25, 0.3) is 5.57 Å². The minimum atomic E-state index is -0.186. The molecule has 150 valence electrons. The van der Waals surface area contributed by atoms with Gasteiger partial charge in [0.25, 0.3) is 0 Å². The van der Waals surface area contributed by atoms with Gasteiger partial charge in [-0.25, -0.2) is 0 Å². The van der Waals surface area contributed by atoms with E-state index in [2.05, 4.69) is 46.4 Å². The van der Waals surface area contributed by atoms with Crippen molar-refractivity contribution in [3.8, 4) is 0 Å². The van der Waals surface area contributed by atoms with Crippen molar-refractivity contribution in [3.05, 3.63) is 82.4 Å². The summed E-state index contributed by atoms with van der Waals surface area (Å²) in [5, 5.41) is 7.05. The van der Waals surface area contributed by atoms with Crippen molar-refractivity contribution in [2.24, 2.45) is 0 Å². The lowest BCUT2D eigenvalue weighted by molar-refractivity contribution is -0.111. The SMILES string of the molecule is C=CC(=O)Nc1ccc2c(c1)CCC(CN1CCNCC1)=C2c1ccc(Cl)cc1. The number of nitrogens with zero attached hydrogens (tertiary/aromatic N) is 1. The molecule has 2 N–H and O–H groups in total. The Kier molecular flexibility index (Phi) is 6.14. The van der Waals surface area contributed by atoms with Gasteiger partial charge >= 0.3 is 0 Å². The number of amides is 1. The van der Waals surface area contributed by atoms with Crippen LogP contribution in [0.4, 0.5) is 5.69 Å². The summed E-state index contributed by atoms with van der Waals surface area (Å²) in [7, 11) is 0. The maximum Gasteiger partial charge on any atom is 0.247 e. The first-order valence-electron chi connectivity index (χ1n) is 10.1. The molecule has 1 saturated heterocycles. The van der Waals surface area contributed by atoms with Crippen molar-refractivity contribution in [2.45, 2.75) is 12.8 Å². The quantitative estimate of drug-likeness (QED) is 0.733. The molecule has 5 heteroatoms. The van der Waals surface area contributed by atoms with Gasteiger partial charge in [-0.3, -0.25) is 9.69 Å². The largest absolute Gasteiger partial charge is 0.323 e. The minimum absolute atomic E-state index is 0.186. The zero-order chi connectivity index (χ0) is 20.2. The summed E-state index contributed by atoms with van der Waals surface area (Å²) < 4.78 is 0. The van der Waals surface area contributed by atoms with Gasteiger partial charge in [0.05, 0.1) is 0 Å². The fraction of sp³-hybridized carbons (Fsp3) is 0.292. The number of nitrogens with one attached hydrogen (secondary N) is 2. The van der Waals surface area contributed by atoms with Crippen molar-refractivity contribution in [3.63, 3.8) is 0 Å².